The Hall–Kier alpha value is -2.74. The first-order valence-corrected chi connectivity index (χ1v) is 7.74. The van der Waals surface area contributed by atoms with Gasteiger partial charge in [-0.25, -0.2) is 14.4 Å². The average Bonchev–Trinajstić information content (AvgIpc) is 2.98. The third kappa shape index (κ3) is 2.65. The molecule has 4 rings (SSSR count). The number of fused-ring (bicyclic) bond motifs is 1. The summed E-state index contributed by atoms with van der Waals surface area (Å²) in [5.41, 5.74) is 1.95. The van der Waals surface area contributed by atoms with Crippen LogP contribution in [0.15, 0.2) is 30.7 Å². The fourth-order valence-corrected chi connectivity index (χ4v) is 2.84. The third-order valence-electron chi connectivity index (χ3n) is 4.09. The molecule has 124 valence electrons. The van der Waals surface area contributed by atoms with Crippen molar-refractivity contribution in [2.24, 2.45) is 7.05 Å². The predicted octanol–water partition coefficient (Wildman–Crippen LogP) is 2.08. The van der Waals surface area contributed by atoms with E-state index in [4.69, 9.17) is 4.74 Å². The molecule has 1 fully saturated rings. The van der Waals surface area contributed by atoms with Crippen molar-refractivity contribution in [3.63, 3.8) is 0 Å². The molecule has 0 bridgehead atoms. The van der Waals surface area contributed by atoms with E-state index >= 15 is 0 Å². The molecule has 0 spiro atoms. The summed E-state index contributed by atoms with van der Waals surface area (Å²) in [5.74, 6) is 0.338. The van der Waals surface area contributed by atoms with Gasteiger partial charge in [0.15, 0.2) is 5.65 Å². The van der Waals surface area contributed by atoms with E-state index in [1.165, 1.54) is 12.4 Å². The van der Waals surface area contributed by atoms with Crippen molar-refractivity contribution in [3.05, 3.63) is 36.5 Å². The van der Waals surface area contributed by atoms with Gasteiger partial charge in [-0.1, -0.05) is 0 Å². The second-order valence-electron chi connectivity index (χ2n) is 5.62. The summed E-state index contributed by atoms with van der Waals surface area (Å²) in [5, 5.41) is 8.11. The van der Waals surface area contributed by atoms with Gasteiger partial charge in [0, 0.05) is 25.8 Å². The summed E-state index contributed by atoms with van der Waals surface area (Å²) < 4.78 is 21.5. The topological polar surface area (TPSA) is 68.1 Å². The Balaban J connectivity index is 1.61. The number of hydrogen-bond acceptors (Lipinski definition) is 6. The van der Waals surface area contributed by atoms with Crippen molar-refractivity contribution in [1.29, 1.82) is 0 Å². The highest BCUT2D eigenvalue weighted by Crippen LogP contribution is 2.27. The lowest BCUT2D eigenvalue weighted by atomic mass is 10.2. The van der Waals surface area contributed by atoms with E-state index in [1.54, 1.807) is 16.9 Å². The normalized spacial score (nSPS) is 15.0. The molecule has 8 heteroatoms. The third-order valence-corrected chi connectivity index (χ3v) is 4.09. The van der Waals surface area contributed by atoms with E-state index in [-0.39, 0.29) is 5.82 Å². The highest BCUT2D eigenvalue weighted by Gasteiger charge is 2.16. The number of rotatable bonds is 3. The smallest absolute Gasteiger partial charge is 0.163 e. The quantitative estimate of drug-likeness (QED) is 0.794. The zero-order valence-corrected chi connectivity index (χ0v) is 13.2. The fraction of sp³-hybridized carbons (Fsp3) is 0.312. The Morgan fingerprint density at radius 2 is 2.04 bits per heavy atom. The van der Waals surface area contributed by atoms with Crippen LogP contribution in [0.4, 0.5) is 21.6 Å². The molecule has 0 saturated carbocycles. The number of hydrogen-bond donors (Lipinski definition) is 1. The van der Waals surface area contributed by atoms with E-state index in [0.717, 1.165) is 11.0 Å². The van der Waals surface area contributed by atoms with E-state index < -0.39 is 0 Å². The van der Waals surface area contributed by atoms with Crippen LogP contribution in [0.25, 0.3) is 11.0 Å². The summed E-state index contributed by atoms with van der Waals surface area (Å²) in [7, 11) is 1.82. The van der Waals surface area contributed by atoms with Gasteiger partial charge in [-0.05, 0) is 18.2 Å². The van der Waals surface area contributed by atoms with E-state index in [0.29, 0.717) is 43.5 Å². The second-order valence-corrected chi connectivity index (χ2v) is 5.62. The minimum absolute atomic E-state index is 0.265. The number of aromatic nitrogens is 4. The van der Waals surface area contributed by atoms with Crippen molar-refractivity contribution < 1.29 is 9.13 Å². The van der Waals surface area contributed by atoms with E-state index in [1.807, 2.05) is 18.0 Å². The Morgan fingerprint density at radius 3 is 2.83 bits per heavy atom. The van der Waals surface area contributed by atoms with Crippen molar-refractivity contribution in [2.75, 3.05) is 36.5 Å². The van der Waals surface area contributed by atoms with Crippen LogP contribution in [-0.2, 0) is 11.8 Å². The molecule has 0 unspecified atom stereocenters. The van der Waals surface area contributed by atoms with Gasteiger partial charge in [-0.2, -0.15) is 5.10 Å². The molecule has 1 N–H and O–H groups in total. The number of nitrogens with one attached hydrogen (secondary N) is 1. The number of ether oxygens (including phenoxy) is 1. The number of aryl methyl sites for hydroxylation is 1. The maximum absolute atomic E-state index is 14.5. The highest BCUT2D eigenvalue weighted by atomic mass is 19.1. The first kappa shape index (κ1) is 14.8. The lowest BCUT2D eigenvalue weighted by Gasteiger charge is -2.29. The van der Waals surface area contributed by atoms with Gasteiger partial charge in [0.05, 0.1) is 30.5 Å². The minimum Gasteiger partial charge on any atom is -0.378 e. The molecule has 1 aliphatic heterocycles. The number of halogens is 1. The monoisotopic (exact) mass is 328 g/mol. The maximum atomic E-state index is 14.5. The van der Waals surface area contributed by atoms with Gasteiger partial charge in [-0.3, -0.25) is 4.68 Å². The SMILES string of the molecule is Cn1ncc2c(Nc3ccc(N4CCOCC4)c(F)c3)ncnc21. The van der Waals surface area contributed by atoms with Gasteiger partial charge in [0.2, 0.25) is 0 Å². The van der Waals surface area contributed by atoms with Crippen molar-refractivity contribution in [3.8, 4) is 0 Å². The summed E-state index contributed by atoms with van der Waals surface area (Å²) in [6.45, 7) is 2.65. The maximum Gasteiger partial charge on any atom is 0.163 e. The predicted molar refractivity (Wildman–Crippen MR) is 89.0 cm³/mol. The number of morpholine rings is 1. The first-order chi connectivity index (χ1) is 11.7. The molecule has 24 heavy (non-hydrogen) atoms. The van der Waals surface area contributed by atoms with Crippen LogP contribution in [0.3, 0.4) is 0 Å². The molecule has 1 aliphatic rings. The number of nitrogens with zero attached hydrogens (tertiary/aromatic N) is 5. The molecule has 1 saturated heterocycles. The van der Waals surface area contributed by atoms with E-state index in [2.05, 4.69) is 20.4 Å². The number of anilines is 3. The Labute approximate surface area is 138 Å². The van der Waals surface area contributed by atoms with Crippen LogP contribution in [0.1, 0.15) is 0 Å². The van der Waals surface area contributed by atoms with Crippen molar-refractivity contribution in [2.45, 2.75) is 0 Å². The van der Waals surface area contributed by atoms with Crippen LogP contribution < -0.4 is 10.2 Å². The summed E-state index contributed by atoms with van der Waals surface area (Å²) in [6.07, 6.45) is 3.15. The molecule has 3 aromatic rings. The highest BCUT2D eigenvalue weighted by molar-refractivity contribution is 5.88. The van der Waals surface area contributed by atoms with Gasteiger partial charge >= 0.3 is 0 Å². The Kier molecular flexibility index (Phi) is 3.73. The zero-order chi connectivity index (χ0) is 16.5. The fourth-order valence-electron chi connectivity index (χ4n) is 2.84. The molecule has 7 nitrogen and oxygen atoms in total. The van der Waals surface area contributed by atoms with Crippen LogP contribution >= 0.6 is 0 Å². The molecule has 0 aliphatic carbocycles. The van der Waals surface area contributed by atoms with Crippen LogP contribution in [0.2, 0.25) is 0 Å². The molecule has 0 amide bonds. The standard InChI is InChI=1S/C16H17FN6O/c1-22-16-12(9-20-22)15(18-10-19-16)21-11-2-3-14(13(17)8-11)23-4-6-24-7-5-23/h2-3,8-10H,4-7H2,1H3,(H,18,19,21). The Morgan fingerprint density at radius 1 is 1.21 bits per heavy atom. The largest absolute Gasteiger partial charge is 0.378 e. The van der Waals surface area contributed by atoms with Crippen molar-refractivity contribution in [1.82, 2.24) is 19.7 Å². The van der Waals surface area contributed by atoms with Crippen LogP contribution in [0, 0.1) is 5.82 Å². The zero-order valence-electron chi connectivity index (χ0n) is 13.2. The van der Waals surface area contributed by atoms with Gasteiger partial charge in [-0.15, -0.1) is 0 Å². The lowest BCUT2D eigenvalue weighted by molar-refractivity contribution is 0.122. The Bertz CT molecular complexity index is 874. The molecule has 0 atom stereocenters. The molecular formula is C16H17FN6O. The van der Waals surface area contributed by atoms with Crippen LogP contribution in [0.5, 0.6) is 0 Å². The van der Waals surface area contributed by atoms with Crippen molar-refractivity contribution >= 4 is 28.2 Å². The minimum atomic E-state index is -0.265. The summed E-state index contributed by atoms with van der Waals surface area (Å²) in [4.78, 5) is 10.4. The molecular weight excluding hydrogens is 311 g/mol. The molecule has 3 heterocycles. The first-order valence-electron chi connectivity index (χ1n) is 7.74. The van der Waals surface area contributed by atoms with E-state index in [9.17, 15) is 4.39 Å². The summed E-state index contributed by atoms with van der Waals surface area (Å²) >= 11 is 0. The average molecular weight is 328 g/mol. The molecule has 0 radical (unpaired) electrons. The second kappa shape index (κ2) is 6.04. The molecule has 1 aromatic carbocycles. The van der Waals surface area contributed by atoms with Gasteiger partial charge in [0.25, 0.3) is 0 Å². The molecule has 2 aromatic heterocycles. The summed E-state index contributed by atoms with van der Waals surface area (Å²) in [6, 6.07) is 5.11. The van der Waals surface area contributed by atoms with Crippen LogP contribution in [-0.4, -0.2) is 46.1 Å². The number of benzene rings is 1. The lowest BCUT2D eigenvalue weighted by Crippen LogP contribution is -2.36. The van der Waals surface area contributed by atoms with Gasteiger partial charge in [0.1, 0.15) is 18.0 Å². The van der Waals surface area contributed by atoms with Gasteiger partial charge < -0.3 is 15.0 Å².